The summed E-state index contributed by atoms with van der Waals surface area (Å²) in [4.78, 5) is 19.0. The molecule has 0 unspecified atom stereocenters. The van der Waals surface area contributed by atoms with Crippen LogP contribution in [0.3, 0.4) is 0 Å². The number of aromatic amines is 1. The topological polar surface area (TPSA) is 50.7 Å². The Bertz CT molecular complexity index is 516. The summed E-state index contributed by atoms with van der Waals surface area (Å²) in [6, 6.07) is 0. The van der Waals surface area contributed by atoms with Gasteiger partial charge < -0.3 is 4.98 Å². The van der Waals surface area contributed by atoms with Gasteiger partial charge in [-0.2, -0.15) is 0 Å². The Kier molecular flexibility index (Phi) is 1.96. The first-order chi connectivity index (χ1) is 6.89. The van der Waals surface area contributed by atoms with Crippen LogP contribution in [0.1, 0.15) is 32.2 Å². The molecule has 2 rings (SSSR count). The third-order valence-electron chi connectivity index (χ3n) is 2.48. The van der Waals surface area contributed by atoms with E-state index in [4.69, 9.17) is 0 Å². The van der Waals surface area contributed by atoms with Gasteiger partial charge in [0.15, 0.2) is 5.82 Å². The molecule has 2 heterocycles. The normalized spacial score (nSPS) is 12.3. The summed E-state index contributed by atoms with van der Waals surface area (Å²) in [6.45, 7) is 8.02. The summed E-state index contributed by atoms with van der Waals surface area (Å²) in [5.41, 5.74) is 1.52. The van der Waals surface area contributed by atoms with E-state index >= 15 is 0 Å². The number of imidazole rings is 1. The van der Waals surface area contributed by atoms with Gasteiger partial charge in [-0.15, -0.1) is 0 Å². The average Bonchev–Trinajstić information content (AvgIpc) is 2.41. The molecule has 0 atom stereocenters. The van der Waals surface area contributed by atoms with Gasteiger partial charge >= 0.3 is 0 Å². The number of nitrogens with zero attached hydrogens (tertiary/aromatic N) is 2. The maximum Gasteiger partial charge on any atom is 0.277 e. The van der Waals surface area contributed by atoms with Crippen LogP contribution in [-0.2, 0) is 5.41 Å². The lowest BCUT2D eigenvalue weighted by Crippen LogP contribution is -2.20. The van der Waals surface area contributed by atoms with Crippen molar-refractivity contribution in [3.05, 3.63) is 34.1 Å². The zero-order chi connectivity index (χ0) is 11.2. The van der Waals surface area contributed by atoms with Gasteiger partial charge in [-0.1, -0.05) is 20.8 Å². The molecule has 4 heteroatoms. The quantitative estimate of drug-likeness (QED) is 0.710. The molecule has 0 aromatic carbocycles. The van der Waals surface area contributed by atoms with Crippen molar-refractivity contribution in [3.8, 4) is 5.82 Å². The fraction of sp³-hybridized carbons (Fsp3) is 0.455. The van der Waals surface area contributed by atoms with Crippen molar-refractivity contribution in [2.75, 3.05) is 0 Å². The van der Waals surface area contributed by atoms with Gasteiger partial charge in [-0.3, -0.25) is 9.36 Å². The molecule has 2 aliphatic heterocycles. The van der Waals surface area contributed by atoms with Crippen molar-refractivity contribution in [2.45, 2.75) is 33.1 Å². The molecule has 0 saturated carbocycles. The molecule has 0 aliphatic carbocycles. The molecule has 0 aromatic rings. The number of hydrogen-bond acceptors (Lipinski definition) is 2. The molecule has 0 spiro atoms. The minimum absolute atomic E-state index is 0.00119. The zero-order valence-electron chi connectivity index (χ0n) is 9.46. The monoisotopic (exact) mass is 205 g/mol. The average molecular weight is 205 g/mol. The summed E-state index contributed by atoms with van der Waals surface area (Å²) < 4.78 is 1.59. The maximum atomic E-state index is 11.7. The molecule has 4 nitrogen and oxygen atoms in total. The van der Waals surface area contributed by atoms with E-state index in [1.54, 1.807) is 17.7 Å². The second-order valence-corrected chi connectivity index (χ2v) is 4.81. The van der Waals surface area contributed by atoms with Crippen LogP contribution < -0.4 is 5.56 Å². The number of aryl methyl sites for hydroxylation is 1. The minimum atomic E-state index is -0.0375. The van der Waals surface area contributed by atoms with Crippen LogP contribution in [-0.4, -0.2) is 14.5 Å². The zero-order valence-corrected chi connectivity index (χ0v) is 9.46. The first kappa shape index (κ1) is 9.96. The third kappa shape index (κ3) is 1.56. The van der Waals surface area contributed by atoms with E-state index in [1.807, 2.05) is 6.20 Å². The van der Waals surface area contributed by atoms with E-state index in [9.17, 15) is 4.79 Å². The Morgan fingerprint density at radius 2 is 2.07 bits per heavy atom. The fourth-order valence-electron chi connectivity index (χ4n) is 1.50. The van der Waals surface area contributed by atoms with Gasteiger partial charge in [-0.05, 0) is 6.92 Å². The number of fused-ring (bicyclic) bond motifs is 1. The number of H-pyrrole nitrogens is 1. The Labute approximate surface area is 88.3 Å². The van der Waals surface area contributed by atoms with Gasteiger partial charge in [0, 0.05) is 23.5 Å². The van der Waals surface area contributed by atoms with Crippen LogP contribution in [0.4, 0.5) is 0 Å². The molecular weight excluding hydrogens is 190 g/mol. The van der Waals surface area contributed by atoms with E-state index in [-0.39, 0.29) is 11.0 Å². The molecule has 0 bridgehead atoms. The van der Waals surface area contributed by atoms with E-state index in [0.29, 0.717) is 11.5 Å². The SMILES string of the molecule is Cc1nc2c[nH]c(C(C)(C)C)cn-2c1=O. The van der Waals surface area contributed by atoms with Crippen molar-refractivity contribution in [3.63, 3.8) is 0 Å². The summed E-state index contributed by atoms with van der Waals surface area (Å²) in [5.74, 6) is 0.672. The summed E-state index contributed by atoms with van der Waals surface area (Å²) >= 11 is 0. The van der Waals surface area contributed by atoms with Crippen LogP contribution in [0.15, 0.2) is 17.2 Å². The molecule has 1 N–H and O–H groups in total. The molecule has 0 saturated heterocycles. The summed E-state index contributed by atoms with van der Waals surface area (Å²) in [5, 5.41) is 0. The molecule has 80 valence electrons. The Morgan fingerprint density at radius 3 is 2.67 bits per heavy atom. The third-order valence-corrected chi connectivity index (χ3v) is 2.48. The van der Waals surface area contributed by atoms with Crippen LogP contribution in [0.25, 0.3) is 5.82 Å². The van der Waals surface area contributed by atoms with E-state index in [2.05, 4.69) is 30.7 Å². The Hall–Kier alpha value is -1.58. The molecule has 15 heavy (non-hydrogen) atoms. The molecule has 0 amide bonds. The Morgan fingerprint density at radius 1 is 1.40 bits per heavy atom. The number of aromatic nitrogens is 3. The van der Waals surface area contributed by atoms with Crippen molar-refractivity contribution in [2.24, 2.45) is 0 Å². The predicted molar refractivity (Wildman–Crippen MR) is 58.8 cm³/mol. The van der Waals surface area contributed by atoms with E-state index in [0.717, 1.165) is 5.69 Å². The second kappa shape index (κ2) is 2.95. The van der Waals surface area contributed by atoms with Crippen LogP contribution >= 0.6 is 0 Å². The first-order valence-electron chi connectivity index (χ1n) is 4.97. The highest BCUT2D eigenvalue weighted by atomic mass is 16.1. The first-order valence-corrected chi connectivity index (χ1v) is 4.97. The van der Waals surface area contributed by atoms with Crippen LogP contribution in [0.5, 0.6) is 0 Å². The highest BCUT2D eigenvalue weighted by Crippen LogP contribution is 2.20. The van der Waals surface area contributed by atoms with Crippen LogP contribution in [0, 0.1) is 6.92 Å². The maximum absolute atomic E-state index is 11.7. The van der Waals surface area contributed by atoms with Gasteiger partial charge in [0.25, 0.3) is 5.56 Å². The predicted octanol–water partition coefficient (Wildman–Crippen LogP) is 1.60. The lowest BCUT2D eigenvalue weighted by Gasteiger charge is -2.19. The van der Waals surface area contributed by atoms with E-state index in [1.165, 1.54) is 0 Å². The van der Waals surface area contributed by atoms with Gasteiger partial charge in [0.2, 0.25) is 0 Å². The largest absolute Gasteiger partial charge is 0.360 e. The molecule has 0 radical (unpaired) electrons. The molecule has 2 aliphatic rings. The number of nitrogens with one attached hydrogen (secondary N) is 1. The van der Waals surface area contributed by atoms with Gasteiger partial charge in [0.1, 0.15) is 5.69 Å². The number of hydrogen-bond donors (Lipinski definition) is 1. The van der Waals surface area contributed by atoms with Crippen molar-refractivity contribution in [1.82, 2.24) is 14.5 Å². The van der Waals surface area contributed by atoms with Crippen LogP contribution in [0.2, 0.25) is 0 Å². The van der Waals surface area contributed by atoms with Crippen molar-refractivity contribution in [1.29, 1.82) is 0 Å². The standard InChI is InChI=1S/C11H15N3O/c1-7-10(15)14-6-8(11(2,3)4)12-5-9(14)13-7/h5-6,12H,1-4H3. The van der Waals surface area contributed by atoms with Gasteiger partial charge in [0.05, 0.1) is 0 Å². The highest BCUT2D eigenvalue weighted by Gasteiger charge is 2.18. The minimum Gasteiger partial charge on any atom is -0.360 e. The smallest absolute Gasteiger partial charge is 0.277 e. The Balaban J connectivity index is 2.71. The summed E-state index contributed by atoms with van der Waals surface area (Å²) in [6.07, 6.45) is 3.60. The van der Waals surface area contributed by atoms with Crippen molar-refractivity contribution < 1.29 is 0 Å². The van der Waals surface area contributed by atoms with Gasteiger partial charge in [-0.25, -0.2) is 4.98 Å². The number of rotatable bonds is 0. The fourth-order valence-corrected chi connectivity index (χ4v) is 1.50. The summed E-state index contributed by atoms with van der Waals surface area (Å²) in [7, 11) is 0. The molecule has 0 fully saturated rings. The molecular formula is C11H15N3O. The molecule has 0 aromatic heterocycles. The second-order valence-electron chi connectivity index (χ2n) is 4.81. The lowest BCUT2D eigenvalue weighted by atomic mass is 9.93. The lowest BCUT2D eigenvalue weighted by molar-refractivity contribution is 0.561. The van der Waals surface area contributed by atoms with Crippen molar-refractivity contribution >= 4 is 0 Å². The highest BCUT2D eigenvalue weighted by molar-refractivity contribution is 5.27. The van der Waals surface area contributed by atoms with E-state index < -0.39 is 0 Å².